The van der Waals surface area contributed by atoms with Crippen molar-refractivity contribution in [1.82, 2.24) is 10.2 Å². The maximum atomic E-state index is 13.2. The SMILES string of the molecule is COC(=O)CSc1nnc(N2C(N)=C(C#N)C(c3ccc(OC)c(OC)c3)C3=C2CCCC3=O)s1. The van der Waals surface area contributed by atoms with E-state index in [1.54, 1.807) is 24.1 Å². The van der Waals surface area contributed by atoms with E-state index in [4.69, 9.17) is 15.2 Å². The highest BCUT2D eigenvalue weighted by Crippen LogP contribution is 2.48. The molecule has 182 valence electrons. The second kappa shape index (κ2) is 10.4. The number of ether oxygens (including phenoxy) is 3. The molecule has 4 rings (SSSR count). The zero-order valence-electron chi connectivity index (χ0n) is 19.4. The maximum Gasteiger partial charge on any atom is 0.316 e. The van der Waals surface area contributed by atoms with Crippen molar-refractivity contribution in [3.8, 4) is 17.6 Å². The lowest BCUT2D eigenvalue weighted by molar-refractivity contribution is -0.137. The number of nitriles is 1. The maximum absolute atomic E-state index is 13.2. The summed E-state index contributed by atoms with van der Waals surface area (Å²) in [6.45, 7) is 0. The molecule has 0 spiro atoms. The van der Waals surface area contributed by atoms with E-state index in [-0.39, 0.29) is 28.9 Å². The van der Waals surface area contributed by atoms with Crippen LogP contribution in [0, 0.1) is 11.3 Å². The first-order chi connectivity index (χ1) is 16.9. The summed E-state index contributed by atoms with van der Waals surface area (Å²) in [5.41, 5.74) is 8.74. The molecule has 1 unspecified atom stereocenters. The molecule has 1 aromatic heterocycles. The number of carbonyl (C=O) groups is 2. The van der Waals surface area contributed by atoms with Crippen LogP contribution >= 0.6 is 23.1 Å². The topological polar surface area (TPSA) is 141 Å². The van der Waals surface area contributed by atoms with Gasteiger partial charge in [-0.3, -0.25) is 14.5 Å². The van der Waals surface area contributed by atoms with E-state index in [0.717, 1.165) is 0 Å². The lowest BCUT2D eigenvalue weighted by Crippen LogP contribution is -2.38. The van der Waals surface area contributed by atoms with Crippen LogP contribution in [0.2, 0.25) is 0 Å². The van der Waals surface area contributed by atoms with Crippen LogP contribution in [0.15, 0.2) is 45.2 Å². The predicted molar refractivity (Wildman–Crippen MR) is 130 cm³/mol. The summed E-state index contributed by atoms with van der Waals surface area (Å²) in [7, 11) is 4.39. The number of thioether (sulfide) groups is 1. The number of nitrogens with two attached hydrogens (primary N) is 1. The van der Waals surface area contributed by atoms with Crippen molar-refractivity contribution in [2.75, 3.05) is 32.0 Å². The Morgan fingerprint density at radius 2 is 2.03 bits per heavy atom. The first-order valence-corrected chi connectivity index (χ1v) is 12.4. The van der Waals surface area contributed by atoms with Crippen LogP contribution < -0.4 is 20.1 Å². The quantitative estimate of drug-likeness (QED) is 0.431. The standard InChI is InChI=1S/C23H23N5O5S2/c1-31-16-8-7-12(9-17(16)32-2)19-13(10-24)21(25)28(14-5-4-6-15(29)20(14)19)22-26-27-23(35-22)34-11-18(30)33-3/h7-9,19H,4-6,11,25H2,1-3H3. The third kappa shape index (κ3) is 4.56. The van der Waals surface area contributed by atoms with Gasteiger partial charge in [-0.1, -0.05) is 29.2 Å². The molecule has 1 aromatic carbocycles. The molecule has 0 radical (unpaired) electrons. The number of Topliss-reactive ketones (excluding diaryl/α,β-unsaturated/α-hetero) is 1. The summed E-state index contributed by atoms with van der Waals surface area (Å²) in [5.74, 6) is 0.261. The molecule has 2 N–H and O–H groups in total. The number of allylic oxidation sites excluding steroid dienone is 3. The van der Waals surface area contributed by atoms with Crippen LogP contribution in [0.1, 0.15) is 30.7 Å². The van der Waals surface area contributed by atoms with Crippen molar-refractivity contribution in [1.29, 1.82) is 5.26 Å². The molecule has 12 heteroatoms. The Kier molecular flexibility index (Phi) is 7.28. The summed E-state index contributed by atoms with van der Waals surface area (Å²) in [4.78, 5) is 26.4. The van der Waals surface area contributed by atoms with Crippen molar-refractivity contribution in [3.05, 3.63) is 46.4 Å². The molecule has 1 atom stereocenters. The van der Waals surface area contributed by atoms with Crippen LogP contribution in [-0.2, 0) is 14.3 Å². The Hall–Kier alpha value is -3.56. The molecule has 0 fully saturated rings. The van der Waals surface area contributed by atoms with Gasteiger partial charge in [0.15, 0.2) is 21.6 Å². The number of esters is 1. The van der Waals surface area contributed by atoms with Gasteiger partial charge in [-0.05, 0) is 30.5 Å². The van der Waals surface area contributed by atoms with Crippen LogP contribution in [0.5, 0.6) is 11.5 Å². The molecule has 0 amide bonds. The number of ketones is 1. The molecule has 2 aromatic rings. The van der Waals surface area contributed by atoms with E-state index >= 15 is 0 Å². The number of hydrogen-bond acceptors (Lipinski definition) is 12. The number of carbonyl (C=O) groups excluding carboxylic acids is 2. The first-order valence-electron chi connectivity index (χ1n) is 10.6. The lowest BCUT2D eigenvalue weighted by Gasteiger charge is -2.38. The van der Waals surface area contributed by atoms with Crippen molar-refractivity contribution in [3.63, 3.8) is 0 Å². The average molecular weight is 514 g/mol. The summed E-state index contributed by atoms with van der Waals surface area (Å²) in [6, 6.07) is 7.54. The smallest absolute Gasteiger partial charge is 0.316 e. The molecule has 2 aliphatic rings. The van der Waals surface area contributed by atoms with Gasteiger partial charge in [-0.15, -0.1) is 10.2 Å². The predicted octanol–water partition coefficient (Wildman–Crippen LogP) is 3.13. The minimum Gasteiger partial charge on any atom is -0.493 e. The normalized spacial score (nSPS) is 17.7. The molecular formula is C23H23N5O5S2. The molecule has 1 aliphatic carbocycles. The van der Waals surface area contributed by atoms with Gasteiger partial charge in [-0.2, -0.15) is 5.26 Å². The molecule has 0 bridgehead atoms. The van der Waals surface area contributed by atoms with Crippen molar-refractivity contribution >= 4 is 40.0 Å². The minimum absolute atomic E-state index is 0.0407. The van der Waals surface area contributed by atoms with Gasteiger partial charge in [0.05, 0.1) is 44.6 Å². The van der Waals surface area contributed by atoms with Gasteiger partial charge in [0.25, 0.3) is 0 Å². The summed E-state index contributed by atoms with van der Waals surface area (Å²) in [6.07, 6.45) is 1.63. The van der Waals surface area contributed by atoms with Crippen LogP contribution in [0.3, 0.4) is 0 Å². The summed E-state index contributed by atoms with van der Waals surface area (Å²) < 4.78 is 16.0. The Balaban J connectivity index is 1.81. The molecule has 2 heterocycles. The number of nitrogens with zero attached hydrogens (tertiary/aromatic N) is 4. The van der Waals surface area contributed by atoms with E-state index in [1.165, 1.54) is 37.3 Å². The monoisotopic (exact) mass is 513 g/mol. The summed E-state index contributed by atoms with van der Waals surface area (Å²) in [5, 5.41) is 19.0. The fraction of sp³-hybridized carbons (Fsp3) is 0.348. The number of anilines is 1. The second-order valence-corrected chi connectivity index (χ2v) is 9.82. The second-order valence-electron chi connectivity index (χ2n) is 7.65. The van der Waals surface area contributed by atoms with Crippen LogP contribution in [0.4, 0.5) is 5.13 Å². The number of methoxy groups -OCH3 is 3. The van der Waals surface area contributed by atoms with Crippen LogP contribution in [-0.4, -0.2) is 49.0 Å². The molecule has 35 heavy (non-hydrogen) atoms. The zero-order valence-corrected chi connectivity index (χ0v) is 21.0. The third-order valence-corrected chi connectivity index (χ3v) is 7.80. The lowest BCUT2D eigenvalue weighted by atomic mass is 9.75. The molecular weight excluding hydrogens is 490 g/mol. The van der Waals surface area contributed by atoms with Gasteiger partial charge >= 0.3 is 5.97 Å². The van der Waals surface area contributed by atoms with Gasteiger partial charge in [0, 0.05) is 17.7 Å². The molecule has 1 aliphatic heterocycles. The Labute approximate surface area is 210 Å². The number of aromatic nitrogens is 2. The number of rotatable bonds is 7. The van der Waals surface area contributed by atoms with E-state index < -0.39 is 5.92 Å². The van der Waals surface area contributed by atoms with Gasteiger partial charge in [0.1, 0.15) is 5.82 Å². The molecule has 10 nitrogen and oxygen atoms in total. The Morgan fingerprint density at radius 3 is 2.71 bits per heavy atom. The minimum atomic E-state index is -0.639. The van der Waals surface area contributed by atoms with Gasteiger partial charge in [-0.25, -0.2) is 0 Å². The van der Waals surface area contributed by atoms with E-state index in [9.17, 15) is 14.9 Å². The van der Waals surface area contributed by atoms with Crippen molar-refractivity contribution in [2.24, 2.45) is 5.73 Å². The van der Waals surface area contributed by atoms with E-state index in [2.05, 4.69) is 21.0 Å². The number of hydrogen-bond donors (Lipinski definition) is 1. The fourth-order valence-electron chi connectivity index (χ4n) is 4.20. The zero-order chi connectivity index (χ0) is 25.1. The van der Waals surface area contributed by atoms with E-state index in [0.29, 0.717) is 57.1 Å². The highest BCUT2D eigenvalue weighted by Gasteiger charge is 2.41. The molecule has 0 saturated carbocycles. The third-order valence-electron chi connectivity index (χ3n) is 5.78. The van der Waals surface area contributed by atoms with Crippen molar-refractivity contribution in [2.45, 2.75) is 29.5 Å². The first kappa shape index (κ1) is 24.6. The fourth-order valence-corrected chi connectivity index (χ4v) is 5.91. The Bertz CT molecular complexity index is 1280. The molecule has 0 saturated heterocycles. The summed E-state index contributed by atoms with van der Waals surface area (Å²) >= 11 is 2.42. The van der Waals surface area contributed by atoms with Crippen LogP contribution in [0.25, 0.3) is 0 Å². The highest BCUT2D eigenvalue weighted by atomic mass is 32.2. The Morgan fingerprint density at radius 1 is 1.26 bits per heavy atom. The van der Waals surface area contributed by atoms with Gasteiger partial charge in [0.2, 0.25) is 5.13 Å². The van der Waals surface area contributed by atoms with Gasteiger partial charge < -0.3 is 19.9 Å². The van der Waals surface area contributed by atoms with Crippen molar-refractivity contribution < 1.29 is 23.8 Å². The highest BCUT2D eigenvalue weighted by molar-refractivity contribution is 8.01. The average Bonchev–Trinajstić information content (AvgIpc) is 3.34. The largest absolute Gasteiger partial charge is 0.493 e. The van der Waals surface area contributed by atoms with E-state index in [1.807, 2.05) is 6.07 Å². The number of benzene rings is 1.